The maximum absolute atomic E-state index is 5.78. The number of nitrogens with zero attached hydrogens (tertiary/aromatic N) is 1. The normalized spacial score (nSPS) is 20.4. The Morgan fingerprint density at radius 2 is 2.44 bits per heavy atom. The van der Waals surface area contributed by atoms with Gasteiger partial charge < -0.3 is 10.1 Å². The first-order chi connectivity index (χ1) is 7.92. The molecule has 0 spiro atoms. The molecule has 1 saturated heterocycles. The maximum Gasteiger partial charge on any atom is 0.121 e. The van der Waals surface area contributed by atoms with E-state index in [0.717, 1.165) is 36.3 Å². The highest BCUT2D eigenvalue weighted by molar-refractivity contribution is 5.79. The lowest BCUT2D eigenvalue weighted by Crippen LogP contribution is -2.15. The standard InChI is InChI=1S/C12H15N3O/c1-2-11(5-12-10(1)7-14-15-12)16-8-9-3-4-13-6-9/h1-2,5,7,9,13H,3-4,6,8H2,(H,14,15). The van der Waals surface area contributed by atoms with E-state index in [1.807, 2.05) is 24.4 Å². The van der Waals surface area contributed by atoms with E-state index in [1.165, 1.54) is 6.42 Å². The van der Waals surface area contributed by atoms with Gasteiger partial charge in [0.2, 0.25) is 0 Å². The van der Waals surface area contributed by atoms with Crippen molar-refractivity contribution in [2.45, 2.75) is 6.42 Å². The lowest BCUT2D eigenvalue weighted by atomic mass is 10.1. The molecule has 2 N–H and O–H groups in total. The van der Waals surface area contributed by atoms with Crippen LogP contribution in [0, 0.1) is 5.92 Å². The van der Waals surface area contributed by atoms with Gasteiger partial charge in [-0.25, -0.2) is 0 Å². The van der Waals surface area contributed by atoms with Crippen LogP contribution in [0.25, 0.3) is 10.9 Å². The van der Waals surface area contributed by atoms with Gasteiger partial charge in [0, 0.05) is 23.9 Å². The summed E-state index contributed by atoms with van der Waals surface area (Å²) in [6.07, 6.45) is 3.03. The molecule has 4 heteroatoms. The lowest BCUT2D eigenvalue weighted by Gasteiger charge is -2.10. The maximum atomic E-state index is 5.78. The predicted molar refractivity (Wildman–Crippen MR) is 62.6 cm³/mol. The van der Waals surface area contributed by atoms with Crippen LogP contribution in [-0.4, -0.2) is 29.9 Å². The van der Waals surface area contributed by atoms with Crippen molar-refractivity contribution in [1.82, 2.24) is 15.5 Å². The smallest absolute Gasteiger partial charge is 0.121 e. The Hall–Kier alpha value is -1.55. The fraction of sp³-hybridized carbons (Fsp3) is 0.417. The van der Waals surface area contributed by atoms with Gasteiger partial charge >= 0.3 is 0 Å². The monoisotopic (exact) mass is 217 g/mol. The molecule has 1 fully saturated rings. The van der Waals surface area contributed by atoms with Gasteiger partial charge in [0.1, 0.15) is 5.75 Å². The number of nitrogens with one attached hydrogen (secondary N) is 2. The van der Waals surface area contributed by atoms with Crippen LogP contribution in [0.2, 0.25) is 0 Å². The summed E-state index contributed by atoms with van der Waals surface area (Å²) < 4.78 is 5.78. The molecule has 2 aromatic rings. The number of fused-ring (bicyclic) bond motifs is 1. The van der Waals surface area contributed by atoms with E-state index >= 15 is 0 Å². The van der Waals surface area contributed by atoms with Crippen LogP contribution in [0.4, 0.5) is 0 Å². The minimum absolute atomic E-state index is 0.650. The highest BCUT2D eigenvalue weighted by Gasteiger charge is 2.14. The van der Waals surface area contributed by atoms with Gasteiger partial charge in [0.15, 0.2) is 0 Å². The van der Waals surface area contributed by atoms with Crippen molar-refractivity contribution in [1.29, 1.82) is 0 Å². The summed E-state index contributed by atoms with van der Waals surface area (Å²) in [7, 11) is 0. The molecule has 1 aliphatic heterocycles. The van der Waals surface area contributed by atoms with Crippen molar-refractivity contribution in [3.63, 3.8) is 0 Å². The minimum atomic E-state index is 0.650. The molecule has 0 amide bonds. The Morgan fingerprint density at radius 3 is 3.31 bits per heavy atom. The van der Waals surface area contributed by atoms with Crippen molar-refractivity contribution in [2.24, 2.45) is 5.92 Å². The molecule has 1 atom stereocenters. The molecule has 0 saturated carbocycles. The van der Waals surface area contributed by atoms with Gasteiger partial charge in [-0.05, 0) is 25.1 Å². The summed E-state index contributed by atoms with van der Waals surface area (Å²) in [4.78, 5) is 0. The van der Waals surface area contributed by atoms with Crippen molar-refractivity contribution < 1.29 is 4.74 Å². The average molecular weight is 217 g/mol. The van der Waals surface area contributed by atoms with E-state index < -0.39 is 0 Å². The Labute approximate surface area is 94.0 Å². The first kappa shape index (κ1) is 9.66. The topological polar surface area (TPSA) is 49.9 Å². The number of aromatic nitrogens is 2. The molecule has 0 radical (unpaired) electrons. The molecular weight excluding hydrogens is 202 g/mol. The van der Waals surface area contributed by atoms with Crippen LogP contribution in [0.1, 0.15) is 6.42 Å². The molecule has 84 valence electrons. The minimum Gasteiger partial charge on any atom is -0.493 e. The summed E-state index contributed by atoms with van der Waals surface area (Å²) in [5, 5.41) is 11.4. The predicted octanol–water partition coefficient (Wildman–Crippen LogP) is 1.55. The number of ether oxygens (including phenoxy) is 1. The number of aromatic amines is 1. The summed E-state index contributed by atoms with van der Waals surface area (Å²) in [6, 6.07) is 6.03. The van der Waals surface area contributed by atoms with Gasteiger partial charge in [0.05, 0.1) is 18.3 Å². The molecule has 16 heavy (non-hydrogen) atoms. The molecule has 0 aliphatic carbocycles. The fourth-order valence-electron chi connectivity index (χ4n) is 2.08. The van der Waals surface area contributed by atoms with E-state index in [-0.39, 0.29) is 0 Å². The third-order valence-corrected chi connectivity index (χ3v) is 3.06. The number of hydrogen-bond donors (Lipinski definition) is 2. The summed E-state index contributed by atoms with van der Waals surface area (Å²) in [6.45, 7) is 2.99. The number of benzene rings is 1. The third kappa shape index (κ3) is 1.88. The van der Waals surface area contributed by atoms with Crippen molar-refractivity contribution >= 4 is 10.9 Å². The first-order valence-corrected chi connectivity index (χ1v) is 5.68. The molecule has 4 nitrogen and oxygen atoms in total. The zero-order chi connectivity index (χ0) is 10.8. The SMILES string of the molecule is c1cc2cn[nH]c2cc1OCC1CCNC1. The summed E-state index contributed by atoms with van der Waals surface area (Å²) in [5.41, 5.74) is 1.03. The summed E-state index contributed by atoms with van der Waals surface area (Å²) in [5.74, 6) is 1.57. The van der Waals surface area contributed by atoms with Gasteiger partial charge in [-0.3, -0.25) is 5.10 Å². The molecule has 1 unspecified atom stereocenters. The number of hydrogen-bond acceptors (Lipinski definition) is 3. The number of rotatable bonds is 3. The van der Waals surface area contributed by atoms with E-state index in [1.54, 1.807) is 0 Å². The van der Waals surface area contributed by atoms with Gasteiger partial charge in [-0.2, -0.15) is 5.10 Å². The van der Waals surface area contributed by atoms with E-state index in [9.17, 15) is 0 Å². The molecular formula is C12H15N3O. The zero-order valence-corrected chi connectivity index (χ0v) is 9.07. The van der Waals surface area contributed by atoms with Crippen molar-refractivity contribution in [2.75, 3.05) is 19.7 Å². The molecule has 3 rings (SSSR count). The Morgan fingerprint density at radius 1 is 1.44 bits per heavy atom. The van der Waals surface area contributed by atoms with E-state index in [0.29, 0.717) is 5.92 Å². The molecule has 0 bridgehead atoms. The molecule has 1 aromatic heterocycles. The van der Waals surface area contributed by atoms with Crippen LogP contribution < -0.4 is 10.1 Å². The third-order valence-electron chi connectivity index (χ3n) is 3.06. The van der Waals surface area contributed by atoms with Gasteiger partial charge in [0.25, 0.3) is 0 Å². The van der Waals surface area contributed by atoms with Crippen LogP contribution in [0.15, 0.2) is 24.4 Å². The second kappa shape index (κ2) is 4.14. The molecule has 1 aliphatic rings. The second-order valence-corrected chi connectivity index (χ2v) is 4.29. The quantitative estimate of drug-likeness (QED) is 0.820. The highest BCUT2D eigenvalue weighted by Crippen LogP contribution is 2.19. The van der Waals surface area contributed by atoms with Crippen LogP contribution in [0.3, 0.4) is 0 Å². The average Bonchev–Trinajstić information content (AvgIpc) is 2.97. The summed E-state index contributed by atoms with van der Waals surface area (Å²) >= 11 is 0. The van der Waals surface area contributed by atoms with Crippen molar-refractivity contribution in [3.05, 3.63) is 24.4 Å². The Kier molecular flexibility index (Phi) is 2.50. The Balaban J connectivity index is 1.68. The fourth-order valence-corrected chi connectivity index (χ4v) is 2.08. The zero-order valence-electron chi connectivity index (χ0n) is 9.07. The van der Waals surface area contributed by atoms with E-state index in [4.69, 9.17) is 4.74 Å². The van der Waals surface area contributed by atoms with E-state index in [2.05, 4.69) is 15.5 Å². The van der Waals surface area contributed by atoms with Gasteiger partial charge in [-0.15, -0.1) is 0 Å². The Bertz CT molecular complexity index is 474. The van der Waals surface area contributed by atoms with Crippen LogP contribution >= 0.6 is 0 Å². The van der Waals surface area contributed by atoms with Gasteiger partial charge in [-0.1, -0.05) is 0 Å². The van der Waals surface area contributed by atoms with Crippen LogP contribution in [0.5, 0.6) is 5.75 Å². The lowest BCUT2D eigenvalue weighted by molar-refractivity contribution is 0.260. The molecule has 2 heterocycles. The highest BCUT2D eigenvalue weighted by atomic mass is 16.5. The molecule has 1 aromatic carbocycles. The first-order valence-electron chi connectivity index (χ1n) is 5.68. The van der Waals surface area contributed by atoms with Crippen molar-refractivity contribution in [3.8, 4) is 5.75 Å². The second-order valence-electron chi connectivity index (χ2n) is 4.29. The largest absolute Gasteiger partial charge is 0.493 e. The van der Waals surface area contributed by atoms with Crippen LogP contribution in [-0.2, 0) is 0 Å². The number of H-pyrrole nitrogens is 1.